The van der Waals surface area contributed by atoms with E-state index in [0.29, 0.717) is 4.42 Å². The molecule has 0 N–H and O–H groups in total. The van der Waals surface area contributed by atoms with Crippen LogP contribution in [0.2, 0.25) is 0 Å². The second-order valence-corrected chi connectivity index (χ2v) is 1.39. The zero-order valence-corrected chi connectivity index (χ0v) is 4.74. The van der Waals surface area contributed by atoms with Crippen molar-refractivity contribution < 1.29 is 9.90 Å². The SMILES string of the molecule is [O]C(=O)N(Cl)CCl. The van der Waals surface area contributed by atoms with E-state index >= 15 is 0 Å². The largest absolute Gasteiger partial charge is 0.468 e. The van der Waals surface area contributed by atoms with Crippen LogP contribution >= 0.6 is 23.4 Å². The van der Waals surface area contributed by atoms with Gasteiger partial charge in [0, 0.05) is 11.8 Å². The number of halogens is 2. The molecule has 0 fully saturated rings. The Morgan fingerprint density at radius 1 is 1.71 bits per heavy atom. The fourth-order valence-electron chi connectivity index (χ4n) is 0.0488. The summed E-state index contributed by atoms with van der Waals surface area (Å²) >= 11 is 9.76. The van der Waals surface area contributed by atoms with Crippen molar-refractivity contribution in [2.45, 2.75) is 0 Å². The quantitative estimate of drug-likeness (QED) is 0.308. The highest BCUT2D eigenvalue weighted by molar-refractivity contribution is 6.26. The van der Waals surface area contributed by atoms with Gasteiger partial charge in [0.25, 0.3) is 0 Å². The predicted octanol–water partition coefficient (Wildman–Crippen LogP) is 1.19. The zero-order valence-electron chi connectivity index (χ0n) is 3.23. The number of hydrogen-bond acceptors (Lipinski definition) is 1. The van der Waals surface area contributed by atoms with Gasteiger partial charge in [-0.15, -0.1) is 11.6 Å². The maximum atomic E-state index is 9.53. The van der Waals surface area contributed by atoms with E-state index in [0.717, 1.165) is 0 Å². The van der Waals surface area contributed by atoms with Crippen LogP contribution in [0.4, 0.5) is 4.79 Å². The highest BCUT2D eigenvalue weighted by Crippen LogP contribution is 1.94. The van der Waals surface area contributed by atoms with Gasteiger partial charge in [0.1, 0.15) is 6.00 Å². The Bertz CT molecular complexity index is 76.1. The fraction of sp³-hybridized carbons (Fsp3) is 0.500. The first-order valence-electron chi connectivity index (χ1n) is 1.38. The summed E-state index contributed by atoms with van der Waals surface area (Å²) in [4.78, 5) is 9.53. The van der Waals surface area contributed by atoms with Crippen molar-refractivity contribution in [3.63, 3.8) is 0 Å². The molecule has 0 aliphatic carbocycles. The Labute approximate surface area is 50.5 Å². The van der Waals surface area contributed by atoms with Gasteiger partial charge in [-0.25, -0.2) is 14.3 Å². The van der Waals surface area contributed by atoms with E-state index < -0.39 is 6.09 Å². The maximum Gasteiger partial charge on any atom is 0.468 e. The standard InChI is InChI=1S/C2H2Cl2NO2/c3-1-5(4)2(6)7/h1H2. The maximum absolute atomic E-state index is 9.53. The molecule has 0 aromatic heterocycles. The van der Waals surface area contributed by atoms with Crippen molar-refractivity contribution in [2.75, 3.05) is 6.00 Å². The minimum atomic E-state index is -1.49. The normalized spacial score (nSPS) is 8.29. The van der Waals surface area contributed by atoms with Crippen LogP contribution in [0.5, 0.6) is 0 Å². The minimum absolute atomic E-state index is 0.274. The van der Waals surface area contributed by atoms with Gasteiger partial charge in [0.15, 0.2) is 0 Å². The molecule has 0 aliphatic heterocycles. The third kappa shape index (κ3) is 2.53. The molecule has 7 heavy (non-hydrogen) atoms. The predicted molar refractivity (Wildman–Crippen MR) is 24.5 cm³/mol. The minimum Gasteiger partial charge on any atom is -0.219 e. The average molecular weight is 143 g/mol. The lowest BCUT2D eigenvalue weighted by Crippen LogP contribution is -2.14. The molecule has 0 atom stereocenters. The van der Waals surface area contributed by atoms with Gasteiger partial charge < -0.3 is 0 Å². The van der Waals surface area contributed by atoms with Crippen molar-refractivity contribution in [1.82, 2.24) is 4.42 Å². The lowest BCUT2D eigenvalue weighted by atomic mass is 11.1. The lowest BCUT2D eigenvalue weighted by Gasteiger charge is -1.97. The number of amides is 1. The van der Waals surface area contributed by atoms with Gasteiger partial charge in [0.05, 0.1) is 0 Å². The second-order valence-electron chi connectivity index (χ2n) is 0.748. The summed E-state index contributed by atoms with van der Waals surface area (Å²) in [5.41, 5.74) is 0. The molecule has 0 aromatic rings. The van der Waals surface area contributed by atoms with E-state index in [2.05, 4.69) is 0 Å². The summed E-state index contributed by atoms with van der Waals surface area (Å²) in [5.74, 6) is 0. The number of carbonyl (C=O) groups excluding carboxylic acids is 1. The van der Waals surface area contributed by atoms with E-state index in [9.17, 15) is 9.90 Å². The van der Waals surface area contributed by atoms with Gasteiger partial charge in [-0.1, -0.05) is 0 Å². The van der Waals surface area contributed by atoms with Gasteiger partial charge in [-0.3, -0.25) is 0 Å². The molecular formula is C2H2Cl2NO2. The van der Waals surface area contributed by atoms with Gasteiger partial charge in [-0.05, 0) is 0 Å². The fourth-order valence-corrected chi connectivity index (χ4v) is 0.146. The lowest BCUT2D eigenvalue weighted by molar-refractivity contribution is 0.151. The summed E-state index contributed by atoms with van der Waals surface area (Å²) in [6, 6.07) is -0.274. The third-order valence-corrected chi connectivity index (χ3v) is 0.922. The molecule has 0 aromatic carbocycles. The summed E-state index contributed by atoms with van der Waals surface area (Å²) < 4.78 is 0.335. The first-order valence-corrected chi connectivity index (χ1v) is 2.26. The van der Waals surface area contributed by atoms with E-state index in [-0.39, 0.29) is 6.00 Å². The smallest absolute Gasteiger partial charge is 0.219 e. The number of carbonyl (C=O) groups is 1. The Morgan fingerprint density at radius 2 is 2.14 bits per heavy atom. The van der Waals surface area contributed by atoms with Crippen LogP contribution < -0.4 is 0 Å². The molecule has 0 aliphatic rings. The molecule has 5 heteroatoms. The highest BCUT2D eigenvalue weighted by atomic mass is 35.5. The van der Waals surface area contributed by atoms with Crippen LogP contribution in [-0.2, 0) is 5.11 Å². The summed E-state index contributed by atoms with van der Waals surface area (Å²) in [6.45, 7) is 0. The molecule has 0 rings (SSSR count). The average Bonchev–Trinajstić information content (AvgIpc) is 1.65. The van der Waals surface area contributed by atoms with E-state index in [1.54, 1.807) is 0 Å². The third-order valence-electron chi connectivity index (χ3n) is 0.303. The van der Waals surface area contributed by atoms with Gasteiger partial charge in [-0.2, -0.15) is 0 Å². The van der Waals surface area contributed by atoms with E-state index in [1.165, 1.54) is 0 Å². The molecule has 0 bridgehead atoms. The van der Waals surface area contributed by atoms with Crippen molar-refractivity contribution in [3.8, 4) is 0 Å². The zero-order chi connectivity index (χ0) is 5.86. The van der Waals surface area contributed by atoms with Crippen molar-refractivity contribution in [1.29, 1.82) is 0 Å². The Kier molecular flexibility index (Phi) is 2.87. The number of alkyl halides is 1. The molecule has 0 unspecified atom stereocenters. The number of hydrogen-bond donors (Lipinski definition) is 0. The molecule has 1 radical (unpaired) electrons. The summed E-state index contributed by atoms with van der Waals surface area (Å²) in [6.07, 6.45) is -1.49. The van der Waals surface area contributed by atoms with Crippen molar-refractivity contribution >= 4 is 29.5 Å². The first-order chi connectivity index (χ1) is 3.18. The van der Waals surface area contributed by atoms with E-state index in [4.69, 9.17) is 23.4 Å². The molecule has 41 valence electrons. The number of nitrogens with zero attached hydrogens (tertiary/aromatic N) is 1. The van der Waals surface area contributed by atoms with Crippen molar-refractivity contribution in [2.24, 2.45) is 0 Å². The summed E-state index contributed by atoms with van der Waals surface area (Å²) in [5, 5.41) is 9.53. The molecule has 0 spiro atoms. The number of rotatable bonds is 1. The molecule has 0 heterocycles. The van der Waals surface area contributed by atoms with E-state index in [1.807, 2.05) is 0 Å². The van der Waals surface area contributed by atoms with Crippen LogP contribution in [0.1, 0.15) is 0 Å². The molecule has 0 saturated carbocycles. The monoisotopic (exact) mass is 142 g/mol. The second kappa shape index (κ2) is 2.93. The molecular weight excluding hydrogens is 141 g/mol. The molecule has 3 nitrogen and oxygen atoms in total. The molecule has 1 amide bonds. The topological polar surface area (TPSA) is 40.2 Å². The first kappa shape index (κ1) is 6.85. The van der Waals surface area contributed by atoms with Crippen LogP contribution in [0.15, 0.2) is 0 Å². The Hall–Kier alpha value is -0.150. The Morgan fingerprint density at radius 3 is 2.14 bits per heavy atom. The van der Waals surface area contributed by atoms with Crippen LogP contribution in [0.3, 0.4) is 0 Å². The van der Waals surface area contributed by atoms with Crippen molar-refractivity contribution in [3.05, 3.63) is 0 Å². The van der Waals surface area contributed by atoms with Gasteiger partial charge >= 0.3 is 6.09 Å². The highest BCUT2D eigenvalue weighted by Gasteiger charge is 2.06. The van der Waals surface area contributed by atoms with Crippen LogP contribution in [0.25, 0.3) is 0 Å². The summed E-state index contributed by atoms with van der Waals surface area (Å²) in [7, 11) is 0. The Balaban J connectivity index is 3.34. The molecule has 0 saturated heterocycles. The van der Waals surface area contributed by atoms with Gasteiger partial charge in [0.2, 0.25) is 0 Å². The van der Waals surface area contributed by atoms with Crippen LogP contribution in [-0.4, -0.2) is 16.5 Å². The van der Waals surface area contributed by atoms with Crippen LogP contribution in [0, 0.1) is 0 Å².